The molecule has 150 valence electrons. The fourth-order valence-electron chi connectivity index (χ4n) is 3.15. The van der Waals surface area contributed by atoms with E-state index in [1.807, 2.05) is 67.1 Å². The summed E-state index contributed by atoms with van der Waals surface area (Å²) in [5.74, 6) is 0.649. The molecule has 0 aliphatic rings. The van der Waals surface area contributed by atoms with Crippen molar-refractivity contribution in [2.45, 2.75) is 26.7 Å². The molecule has 0 aliphatic heterocycles. The Kier molecular flexibility index (Phi) is 6.85. The third-order valence-corrected chi connectivity index (χ3v) is 4.74. The van der Waals surface area contributed by atoms with Crippen molar-refractivity contribution in [3.05, 3.63) is 83.2 Å². The van der Waals surface area contributed by atoms with Crippen LogP contribution in [0.15, 0.2) is 60.8 Å². The number of carbonyl (C=O) groups excluding carboxylic acids is 1. The van der Waals surface area contributed by atoms with E-state index in [0.717, 1.165) is 41.1 Å². The number of benzene rings is 2. The lowest BCUT2D eigenvalue weighted by Crippen LogP contribution is -2.22. The Bertz CT molecular complexity index is 991. The Morgan fingerprint density at radius 3 is 2.72 bits per heavy atom. The van der Waals surface area contributed by atoms with Crippen LogP contribution < -0.4 is 10.1 Å². The fourth-order valence-corrected chi connectivity index (χ4v) is 3.15. The second-order valence-electron chi connectivity index (χ2n) is 6.99. The summed E-state index contributed by atoms with van der Waals surface area (Å²) < 4.78 is 7.24. The molecule has 5 nitrogen and oxygen atoms in total. The maximum Gasteiger partial charge on any atom is 0.244 e. The summed E-state index contributed by atoms with van der Waals surface area (Å²) in [7, 11) is 1.63. The topological polar surface area (TPSA) is 56.1 Å². The van der Waals surface area contributed by atoms with Crippen LogP contribution in [0, 0.1) is 13.8 Å². The highest BCUT2D eigenvalue weighted by Crippen LogP contribution is 2.20. The Morgan fingerprint density at radius 1 is 1.17 bits per heavy atom. The SMILES string of the molecule is COc1ccc(C)cc1/C=C/C(=O)NCCCc1cn(-c2ccccc2)nc1C. The molecule has 0 unspecified atom stereocenters. The van der Waals surface area contributed by atoms with Crippen molar-refractivity contribution in [1.29, 1.82) is 0 Å². The van der Waals surface area contributed by atoms with Gasteiger partial charge in [0.1, 0.15) is 5.75 Å². The molecule has 0 saturated heterocycles. The largest absolute Gasteiger partial charge is 0.496 e. The number of rotatable bonds is 8. The van der Waals surface area contributed by atoms with Gasteiger partial charge in [0.05, 0.1) is 18.5 Å². The molecule has 0 bridgehead atoms. The van der Waals surface area contributed by atoms with Gasteiger partial charge in [-0.1, -0.05) is 29.8 Å². The van der Waals surface area contributed by atoms with Crippen LogP contribution in [0.25, 0.3) is 11.8 Å². The number of carbonyl (C=O) groups is 1. The molecule has 3 aromatic rings. The number of nitrogens with one attached hydrogen (secondary N) is 1. The molecule has 1 amide bonds. The van der Waals surface area contributed by atoms with Crippen LogP contribution in [0.3, 0.4) is 0 Å². The predicted octanol–water partition coefficient (Wildman–Crippen LogP) is 4.26. The first-order valence-corrected chi connectivity index (χ1v) is 9.78. The van der Waals surface area contributed by atoms with E-state index in [1.165, 1.54) is 5.56 Å². The van der Waals surface area contributed by atoms with Gasteiger partial charge in [-0.25, -0.2) is 4.68 Å². The number of methoxy groups -OCH3 is 1. The number of amides is 1. The lowest BCUT2D eigenvalue weighted by molar-refractivity contribution is -0.116. The van der Waals surface area contributed by atoms with Crippen molar-refractivity contribution in [3.63, 3.8) is 0 Å². The van der Waals surface area contributed by atoms with E-state index in [1.54, 1.807) is 19.3 Å². The minimum Gasteiger partial charge on any atom is -0.496 e. The molecule has 0 fully saturated rings. The van der Waals surface area contributed by atoms with Crippen LogP contribution in [-0.2, 0) is 11.2 Å². The van der Waals surface area contributed by atoms with Crippen LogP contribution in [-0.4, -0.2) is 29.3 Å². The number of para-hydroxylation sites is 1. The van der Waals surface area contributed by atoms with Crippen LogP contribution >= 0.6 is 0 Å². The van der Waals surface area contributed by atoms with Gasteiger partial charge in [-0.15, -0.1) is 0 Å². The third kappa shape index (κ3) is 5.57. The zero-order chi connectivity index (χ0) is 20.6. The second-order valence-corrected chi connectivity index (χ2v) is 6.99. The normalized spacial score (nSPS) is 11.0. The molecule has 0 atom stereocenters. The highest BCUT2D eigenvalue weighted by atomic mass is 16.5. The number of aromatic nitrogens is 2. The molecule has 29 heavy (non-hydrogen) atoms. The van der Waals surface area contributed by atoms with Gasteiger partial charge in [-0.3, -0.25) is 4.79 Å². The van der Waals surface area contributed by atoms with Crippen molar-refractivity contribution in [2.24, 2.45) is 0 Å². The van der Waals surface area contributed by atoms with Crippen molar-refractivity contribution in [3.8, 4) is 11.4 Å². The second kappa shape index (κ2) is 9.73. The predicted molar refractivity (Wildman–Crippen MR) is 116 cm³/mol. The molecule has 2 aromatic carbocycles. The maximum atomic E-state index is 12.1. The Hall–Kier alpha value is -3.34. The van der Waals surface area contributed by atoms with E-state index in [2.05, 4.69) is 16.6 Å². The van der Waals surface area contributed by atoms with E-state index >= 15 is 0 Å². The van der Waals surface area contributed by atoms with Gasteiger partial charge in [0.15, 0.2) is 0 Å². The first-order valence-electron chi connectivity index (χ1n) is 9.78. The molecule has 0 saturated carbocycles. The Labute approximate surface area is 172 Å². The molecular weight excluding hydrogens is 362 g/mol. The van der Waals surface area contributed by atoms with Gasteiger partial charge < -0.3 is 10.1 Å². The van der Waals surface area contributed by atoms with Gasteiger partial charge in [0.2, 0.25) is 5.91 Å². The van der Waals surface area contributed by atoms with Crippen molar-refractivity contribution in [2.75, 3.05) is 13.7 Å². The van der Waals surface area contributed by atoms with E-state index in [4.69, 9.17) is 4.74 Å². The first-order chi connectivity index (χ1) is 14.1. The van der Waals surface area contributed by atoms with Gasteiger partial charge in [0, 0.05) is 24.4 Å². The minimum atomic E-state index is -0.106. The average molecular weight is 389 g/mol. The van der Waals surface area contributed by atoms with E-state index < -0.39 is 0 Å². The van der Waals surface area contributed by atoms with Crippen molar-refractivity contribution >= 4 is 12.0 Å². The van der Waals surface area contributed by atoms with Gasteiger partial charge in [-0.2, -0.15) is 5.10 Å². The zero-order valence-electron chi connectivity index (χ0n) is 17.2. The summed E-state index contributed by atoms with van der Waals surface area (Å²) in [6, 6.07) is 16.0. The summed E-state index contributed by atoms with van der Waals surface area (Å²) >= 11 is 0. The van der Waals surface area contributed by atoms with E-state index in [9.17, 15) is 4.79 Å². The van der Waals surface area contributed by atoms with E-state index in [-0.39, 0.29) is 5.91 Å². The summed E-state index contributed by atoms with van der Waals surface area (Å²) in [5, 5.41) is 7.53. The average Bonchev–Trinajstić information content (AvgIpc) is 3.11. The fraction of sp³-hybridized carbons (Fsp3) is 0.250. The molecule has 0 aliphatic carbocycles. The minimum absolute atomic E-state index is 0.106. The first kappa shape index (κ1) is 20.4. The number of ether oxygens (including phenoxy) is 1. The molecule has 1 aromatic heterocycles. The molecule has 3 rings (SSSR count). The van der Waals surface area contributed by atoms with Crippen LogP contribution in [0.1, 0.15) is 28.8 Å². The van der Waals surface area contributed by atoms with Gasteiger partial charge >= 0.3 is 0 Å². The lowest BCUT2D eigenvalue weighted by Gasteiger charge is -2.06. The van der Waals surface area contributed by atoms with Crippen LogP contribution in [0.4, 0.5) is 0 Å². The maximum absolute atomic E-state index is 12.1. The van der Waals surface area contributed by atoms with Crippen molar-refractivity contribution < 1.29 is 9.53 Å². The number of hydrogen-bond acceptors (Lipinski definition) is 3. The number of hydrogen-bond donors (Lipinski definition) is 1. The number of nitrogens with zero attached hydrogens (tertiary/aromatic N) is 2. The quantitative estimate of drug-likeness (QED) is 0.463. The molecule has 5 heteroatoms. The molecule has 0 spiro atoms. The highest BCUT2D eigenvalue weighted by Gasteiger charge is 2.06. The van der Waals surface area contributed by atoms with Crippen molar-refractivity contribution in [1.82, 2.24) is 15.1 Å². The smallest absolute Gasteiger partial charge is 0.244 e. The molecule has 1 N–H and O–H groups in total. The van der Waals surface area contributed by atoms with Gasteiger partial charge in [0.25, 0.3) is 0 Å². The molecule has 0 radical (unpaired) electrons. The van der Waals surface area contributed by atoms with E-state index in [0.29, 0.717) is 6.54 Å². The summed E-state index contributed by atoms with van der Waals surface area (Å²) in [4.78, 5) is 12.1. The summed E-state index contributed by atoms with van der Waals surface area (Å²) in [6.45, 7) is 4.65. The number of aryl methyl sites for hydroxylation is 3. The summed E-state index contributed by atoms with van der Waals surface area (Å²) in [5.41, 5.74) is 5.28. The highest BCUT2D eigenvalue weighted by molar-refractivity contribution is 5.92. The monoisotopic (exact) mass is 389 g/mol. The molecule has 1 heterocycles. The Morgan fingerprint density at radius 2 is 1.97 bits per heavy atom. The third-order valence-electron chi connectivity index (χ3n) is 4.74. The van der Waals surface area contributed by atoms with Crippen LogP contribution in [0.2, 0.25) is 0 Å². The standard InChI is InChI=1S/C24H27N3O2/c1-18-11-13-23(29-3)20(16-18)12-14-24(28)25-15-7-8-21-17-27(26-19(21)2)22-9-5-4-6-10-22/h4-6,9-14,16-17H,7-8,15H2,1-3H3,(H,25,28)/b14-12+. The lowest BCUT2D eigenvalue weighted by atomic mass is 10.1. The Balaban J connectivity index is 1.49. The zero-order valence-corrected chi connectivity index (χ0v) is 17.2. The van der Waals surface area contributed by atoms with Gasteiger partial charge in [-0.05, 0) is 62.6 Å². The summed E-state index contributed by atoms with van der Waals surface area (Å²) in [6.07, 6.45) is 7.13. The van der Waals surface area contributed by atoms with Crippen LogP contribution in [0.5, 0.6) is 5.75 Å². The molecular formula is C24H27N3O2.